The topological polar surface area (TPSA) is 231 Å². The van der Waals surface area contributed by atoms with Crippen molar-refractivity contribution in [2.75, 3.05) is 40.9 Å². The number of hydrogen-bond acceptors (Lipinski definition) is 11. The third kappa shape index (κ3) is 10.6. The van der Waals surface area contributed by atoms with Gasteiger partial charge in [0.2, 0.25) is 11.2 Å². The van der Waals surface area contributed by atoms with E-state index in [1.54, 1.807) is 45.3 Å². The van der Waals surface area contributed by atoms with Gasteiger partial charge in [0.25, 0.3) is 17.7 Å². The van der Waals surface area contributed by atoms with Crippen molar-refractivity contribution in [1.82, 2.24) is 25.9 Å². The van der Waals surface area contributed by atoms with Crippen molar-refractivity contribution in [2.45, 2.75) is 31.0 Å². The number of amides is 3. The number of primary amides is 1. The zero-order chi connectivity index (χ0) is 41.2. The van der Waals surface area contributed by atoms with E-state index in [0.717, 1.165) is 7.11 Å². The molecule has 298 valence electrons. The lowest BCUT2D eigenvalue weighted by molar-refractivity contribution is -0.138. The fraction of sp³-hybridized carbons (Fsp3) is 0.268. The summed E-state index contributed by atoms with van der Waals surface area (Å²) in [5, 5.41) is 27.7. The normalized spacial score (nSPS) is 18.0. The first-order valence-corrected chi connectivity index (χ1v) is 17.1. The van der Waals surface area contributed by atoms with Gasteiger partial charge in [0.1, 0.15) is 23.0 Å². The number of carbonyl (C=O) groups excluding carboxylic acids is 4. The lowest BCUT2D eigenvalue weighted by Crippen LogP contribution is -2.37. The molecule has 3 amide bonds. The Kier molecular flexibility index (Phi) is 15.2. The van der Waals surface area contributed by atoms with Crippen LogP contribution in [-0.2, 0) is 14.3 Å². The number of benzene rings is 2. The summed E-state index contributed by atoms with van der Waals surface area (Å²) in [6, 6.07) is 17.4. The number of hydrogen-bond donors (Lipinski definition) is 5. The maximum Gasteiger partial charge on any atom is 0.356 e. The van der Waals surface area contributed by atoms with Gasteiger partial charge in [0.05, 0.1) is 18.0 Å². The van der Waals surface area contributed by atoms with Gasteiger partial charge < -0.3 is 41.7 Å². The Bertz CT molecular complexity index is 2280. The molecule has 0 bridgehead atoms. The molecule has 2 atom stereocenters. The van der Waals surface area contributed by atoms with Crippen molar-refractivity contribution in [3.8, 4) is 46.2 Å². The van der Waals surface area contributed by atoms with Crippen LogP contribution in [0.4, 0.5) is 8.78 Å². The molecule has 2 aromatic heterocycles. The van der Waals surface area contributed by atoms with E-state index >= 15 is 0 Å². The Balaban J connectivity index is 0.000000288. The molecule has 8 N–H and O–H groups in total. The summed E-state index contributed by atoms with van der Waals surface area (Å²) in [4.78, 5) is 58.1. The van der Waals surface area contributed by atoms with Crippen molar-refractivity contribution in [1.29, 1.82) is 0 Å². The minimum Gasteiger partial charge on any atom is -0.461 e. The molecule has 0 unspecified atom stereocenters. The Morgan fingerprint density at radius 1 is 0.772 bits per heavy atom. The van der Waals surface area contributed by atoms with E-state index in [0.29, 0.717) is 24.2 Å². The number of aliphatic hydroxyl groups is 3. The summed E-state index contributed by atoms with van der Waals surface area (Å²) in [6.07, 6.45) is 0.429. The molecular formula is C41H42F2N6O8. The first kappa shape index (κ1) is 44.8. The third-order valence-corrected chi connectivity index (χ3v) is 8.57. The number of likely N-dealkylation sites (tertiary alicyclic amines) is 2. The van der Waals surface area contributed by atoms with Gasteiger partial charge in [-0.15, -0.1) is 0 Å². The van der Waals surface area contributed by atoms with Crippen LogP contribution in [0.3, 0.4) is 0 Å². The molecule has 0 spiro atoms. The second-order valence-electron chi connectivity index (χ2n) is 12.5. The highest BCUT2D eigenvalue weighted by Gasteiger charge is 2.43. The molecular weight excluding hydrogens is 742 g/mol. The number of nitrogens with two attached hydrogens (primary N) is 1. The standard InChI is InChI=1S/C21H19FN2O4.C19H16FN3O3.CH4O.H3N/c1-3-28-19(25)18-6-4-5-17(23-18)15-13-14(7-8-16(15)22)9-10-21(27)11-12-24(2)20(21)26;1-23-10-9-19(26,18(23)25)8-7-12-5-6-14(20)13(11-12)15-3-2-4-16(22-15)17(21)24;1-2;/h4-8,13,27H,3,11-12H2,1-2H3;2-6,11,26H,9-10H2,1H3,(H2,21,24);2H,1H3;1H3/t21-;19-;;/m00../s1. The number of aromatic nitrogens is 2. The molecule has 4 heterocycles. The Hall–Kier alpha value is -6.56. The summed E-state index contributed by atoms with van der Waals surface area (Å²) in [7, 11) is 4.19. The second kappa shape index (κ2) is 19.3. The van der Waals surface area contributed by atoms with Crippen LogP contribution in [0, 0.1) is 35.3 Å². The average molecular weight is 785 g/mol. The van der Waals surface area contributed by atoms with Crippen molar-refractivity contribution >= 4 is 23.7 Å². The predicted octanol–water partition coefficient (Wildman–Crippen LogP) is 2.71. The molecule has 0 radical (unpaired) electrons. The van der Waals surface area contributed by atoms with Gasteiger partial charge in [-0.05, 0) is 67.6 Å². The van der Waals surface area contributed by atoms with Crippen molar-refractivity contribution in [2.24, 2.45) is 5.73 Å². The molecule has 0 saturated carbocycles. The van der Waals surface area contributed by atoms with Gasteiger partial charge in [-0.1, -0.05) is 35.8 Å². The van der Waals surface area contributed by atoms with Gasteiger partial charge in [-0.2, -0.15) is 0 Å². The third-order valence-electron chi connectivity index (χ3n) is 8.57. The fourth-order valence-electron chi connectivity index (χ4n) is 5.51. The van der Waals surface area contributed by atoms with Gasteiger partial charge in [0.15, 0.2) is 0 Å². The maximum absolute atomic E-state index is 14.4. The van der Waals surface area contributed by atoms with Gasteiger partial charge >= 0.3 is 5.97 Å². The fourth-order valence-corrected chi connectivity index (χ4v) is 5.51. The SMILES string of the molecule is CCOC(=O)c1cccc(-c2cc(C#C[C@]3(O)CCN(C)C3=O)ccc2F)n1.CN1CC[C@@](O)(C#Cc2ccc(F)c(-c3cccc(C(N)=O)n3)c2)C1=O.CO.N. The van der Waals surface area contributed by atoms with Gasteiger partial charge in [-0.3, -0.25) is 14.4 Å². The smallest absolute Gasteiger partial charge is 0.356 e. The molecule has 57 heavy (non-hydrogen) atoms. The first-order chi connectivity index (χ1) is 26.6. The molecule has 2 aliphatic rings. The van der Waals surface area contributed by atoms with Crippen molar-refractivity contribution in [3.63, 3.8) is 0 Å². The minimum absolute atomic E-state index is 0. The number of nitrogens with zero attached hydrogens (tertiary/aromatic N) is 4. The molecule has 0 aliphatic carbocycles. The van der Waals surface area contributed by atoms with Crippen LogP contribution in [0.15, 0.2) is 72.8 Å². The molecule has 16 heteroatoms. The average Bonchev–Trinajstić information content (AvgIpc) is 3.62. The van der Waals surface area contributed by atoms with Crippen LogP contribution < -0.4 is 11.9 Å². The van der Waals surface area contributed by atoms with E-state index in [9.17, 15) is 38.2 Å². The maximum atomic E-state index is 14.4. The number of carbonyl (C=O) groups is 4. The number of pyridine rings is 2. The van der Waals surface area contributed by atoms with Gasteiger partial charge in [0, 0.05) is 69.4 Å². The van der Waals surface area contributed by atoms with E-state index in [2.05, 4.69) is 33.6 Å². The quantitative estimate of drug-likeness (QED) is 0.146. The molecule has 4 aromatic rings. The Morgan fingerprint density at radius 2 is 1.19 bits per heavy atom. The number of likely N-dealkylation sites (N-methyl/N-ethyl adjacent to an activating group) is 2. The molecule has 2 aromatic carbocycles. The zero-order valence-electron chi connectivity index (χ0n) is 31.7. The number of aliphatic hydroxyl groups excluding tert-OH is 1. The molecule has 2 aliphatic heterocycles. The van der Waals surface area contributed by atoms with E-state index in [1.807, 2.05) is 0 Å². The molecule has 6 rings (SSSR count). The summed E-state index contributed by atoms with van der Waals surface area (Å²) >= 11 is 0. The van der Waals surface area contributed by atoms with Crippen molar-refractivity contribution in [3.05, 3.63) is 107 Å². The lowest BCUT2D eigenvalue weighted by Gasteiger charge is -2.13. The molecule has 14 nitrogen and oxygen atoms in total. The van der Waals surface area contributed by atoms with E-state index < -0.39 is 46.5 Å². The number of halogens is 2. The van der Waals surface area contributed by atoms with E-state index in [1.165, 1.54) is 58.3 Å². The zero-order valence-corrected chi connectivity index (χ0v) is 31.7. The molecule has 2 saturated heterocycles. The number of ether oxygens (including phenoxy) is 1. The highest BCUT2D eigenvalue weighted by atomic mass is 19.1. The monoisotopic (exact) mass is 784 g/mol. The summed E-state index contributed by atoms with van der Waals surface area (Å²) in [5.41, 5.74) is 3.44. The predicted molar refractivity (Wildman–Crippen MR) is 205 cm³/mol. The highest BCUT2D eigenvalue weighted by molar-refractivity contribution is 5.92. The summed E-state index contributed by atoms with van der Waals surface area (Å²) < 4.78 is 33.5. The highest BCUT2D eigenvalue weighted by Crippen LogP contribution is 2.26. The van der Waals surface area contributed by atoms with Crippen LogP contribution in [-0.4, -0.2) is 111 Å². The summed E-state index contributed by atoms with van der Waals surface area (Å²) in [5.74, 6) is 7.35. The number of esters is 1. The lowest BCUT2D eigenvalue weighted by atomic mass is 10.0. The second-order valence-corrected chi connectivity index (χ2v) is 12.5. The first-order valence-electron chi connectivity index (χ1n) is 17.1. The van der Waals surface area contributed by atoms with Gasteiger partial charge in [-0.25, -0.2) is 23.5 Å². The van der Waals surface area contributed by atoms with Crippen LogP contribution in [0.25, 0.3) is 22.5 Å². The number of rotatable bonds is 5. The van der Waals surface area contributed by atoms with Crippen molar-refractivity contribution < 1.29 is 48.0 Å². The van der Waals surface area contributed by atoms with Crippen LogP contribution in [0.1, 0.15) is 51.9 Å². The van der Waals surface area contributed by atoms with E-state index in [4.69, 9.17) is 15.6 Å². The van der Waals surface area contributed by atoms with E-state index in [-0.39, 0.29) is 59.5 Å². The van der Waals surface area contributed by atoms with Crippen LogP contribution in [0.5, 0.6) is 0 Å². The van der Waals surface area contributed by atoms with Crippen LogP contribution >= 0.6 is 0 Å². The molecule has 2 fully saturated rings. The largest absolute Gasteiger partial charge is 0.461 e. The Labute approximate surface area is 327 Å². The Morgan fingerprint density at radius 3 is 1.58 bits per heavy atom. The van der Waals surface area contributed by atoms with Crippen LogP contribution in [0.2, 0.25) is 0 Å². The summed E-state index contributed by atoms with van der Waals surface area (Å²) in [6.45, 7) is 2.73. The minimum atomic E-state index is -1.73.